The van der Waals surface area contributed by atoms with E-state index in [4.69, 9.17) is 5.26 Å². The lowest BCUT2D eigenvalue weighted by molar-refractivity contribution is -0.117. The van der Waals surface area contributed by atoms with Gasteiger partial charge in [-0.05, 0) is 18.6 Å². The van der Waals surface area contributed by atoms with Gasteiger partial charge in [0, 0.05) is 13.0 Å². The highest BCUT2D eigenvalue weighted by atomic mass is 16.2. The highest BCUT2D eigenvalue weighted by molar-refractivity contribution is 5.96. The third kappa shape index (κ3) is 1.35. The van der Waals surface area contributed by atoms with Crippen molar-refractivity contribution >= 4 is 11.6 Å². The second kappa shape index (κ2) is 3.51. The van der Waals surface area contributed by atoms with Gasteiger partial charge in [0.05, 0.1) is 11.3 Å². The smallest absolute Gasteiger partial charge is 0.227 e. The molecule has 0 saturated carbocycles. The van der Waals surface area contributed by atoms with Crippen LogP contribution in [0.5, 0.6) is 0 Å². The Hall–Kier alpha value is -1.82. The summed E-state index contributed by atoms with van der Waals surface area (Å²) in [7, 11) is 0. The summed E-state index contributed by atoms with van der Waals surface area (Å²) in [6, 6.07) is 9.31. The number of benzene rings is 1. The van der Waals surface area contributed by atoms with Gasteiger partial charge in [0.1, 0.15) is 6.07 Å². The Morgan fingerprint density at radius 3 is 2.79 bits per heavy atom. The molecule has 1 aliphatic heterocycles. The summed E-state index contributed by atoms with van der Waals surface area (Å²) in [4.78, 5) is 13.2. The van der Waals surface area contributed by atoms with Gasteiger partial charge in [-0.3, -0.25) is 4.79 Å². The summed E-state index contributed by atoms with van der Waals surface area (Å²) in [5.74, 6) is 0.118. The van der Waals surface area contributed by atoms with Crippen LogP contribution < -0.4 is 4.90 Å². The van der Waals surface area contributed by atoms with Crippen molar-refractivity contribution in [1.82, 2.24) is 0 Å². The predicted octanol–water partition coefficient (Wildman–Crippen LogP) is 1.69. The summed E-state index contributed by atoms with van der Waals surface area (Å²) < 4.78 is 0. The molecule has 14 heavy (non-hydrogen) atoms. The van der Waals surface area contributed by atoms with Crippen LogP contribution in [-0.2, 0) is 4.79 Å². The van der Waals surface area contributed by atoms with Crippen LogP contribution in [0, 0.1) is 11.3 Å². The second-order valence-electron chi connectivity index (χ2n) is 3.28. The molecule has 1 saturated heterocycles. The van der Waals surface area contributed by atoms with Gasteiger partial charge in [0.25, 0.3) is 0 Å². The van der Waals surface area contributed by atoms with Crippen molar-refractivity contribution < 1.29 is 4.79 Å². The van der Waals surface area contributed by atoms with Gasteiger partial charge in [-0.15, -0.1) is 0 Å². The van der Waals surface area contributed by atoms with Crippen LogP contribution in [0.4, 0.5) is 5.69 Å². The molecule has 1 amide bonds. The van der Waals surface area contributed by atoms with Crippen LogP contribution in [0.2, 0.25) is 0 Å². The van der Waals surface area contributed by atoms with E-state index < -0.39 is 0 Å². The molecule has 70 valence electrons. The van der Waals surface area contributed by atoms with E-state index in [-0.39, 0.29) is 5.91 Å². The highest BCUT2D eigenvalue weighted by Gasteiger charge is 2.23. The Morgan fingerprint density at radius 1 is 1.36 bits per heavy atom. The fourth-order valence-corrected chi connectivity index (χ4v) is 1.71. The van der Waals surface area contributed by atoms with Gasteiger partial charge < -0.3 is 4.90 Å². The van der Waals surface area contributed by atoms with E-state index in [2.05, 4.69) is 6.07 Å². The highest BCUT2D eigenvalue weighted by Crippen LogP contribution is 2.24. The van der Waals surface area contributed by atoms with Crippen LogP contribution in [0.3, 0.4) is 0 Å². The van der Waals surface area contributed by atoms with Gasteiger partial charge in [-0.1, -0.05) is 12.1 Å². The van der Waals surface area contributed by atoms with Crippen LogP contribution in [-0.4, -0.2) is 12.5 Å². The molecule has 0 N–H and O–H groups in total. The lowest BCUT2D eigenvalue weighted by atomic mass is 10.2. The van der Waals surface area contributed by atoms with Crippen molar-refractivity contribution in [3.05, 3.63) is 29.8 Å². The van der Waals surface area contributed by atoms with Crippen LogP contribution >= 0.6 is 0 Å². The van der Waals surface area contributed by atoms with Crippen molar-refractivity contribution in [2.75, 3.05) is 11.4 Å². The zero-order valence-corrected chi connectivity index (χ0v) is 7.73. The summed E-state index contributed by atoms with van der Waals surface area (Å²) in [5, 5.41) is 8.88. The SMILES string of the molecule is N#Cc1ccccc1N1CCCC1=O. The predicted molar refractivity (Wildman–Crippen MR) is 52.7 cm³/mol. The Kier molecular flexibility index (Phi) is 2.19. The molecular weight excluding hydrogens is 176 g/mol. The first-order chi connectivity index (χ1) is 6.83. The van der Waals surface area contributed by atoms with E-state index in [9.17, 15) is 4.79 Å². The molecule has 0 radical (unpaired) electrons. The maximum Gasteiger partial charge on any atom is 0.227 e. The summed E-state index contributed by atoms with van der Waals surface area (Å²) in [6.45, 7) is 0.734. The minimum absolute atomic E-state index is 0.118. The molecule has 0 bridgehead atoms. The van der Waals surface area contributed by atoms with E-state index in [0.29, 0.717) is 12.0 Å². The number of anilines is 1. The molecule has 0 atom stereocenters. The average Bonchev–Trinajstić information content (AvgIpc) is 2.64. The third-order valence-corrected chi connectivity index (χ3v) is 2.39. The molecule has 3 nitrogen and oxygen atoms in total. The molecule has 1 aliphatic rings. The zero-order chi connectivity index (χ0) is 9.97. The quantitative estimate of drug-likeness (QED) is 0.669. The number of nitriles is 1. The second-order valence-corrected chi connectivity index (χ2v) is 3.28. The molecule has 0 unspecified atom stereocenters. The van der Waals surface area contributed by atoms with Crippen molar-refractivity contribution in [3.63, 3.8) is 0 Å². The monoisotopic (exact) mass is 186 g/mol. The van der Waals surface area contributed by atoms with E-state index in [1.54, 1.807) is 11.0 Å². The topological polar surface area (TPSA) is 44.1 Å². The van der Waals surface area contributed by atoms with Crippen LogP contribution in [0.25, 0.3) is 0 Å². The lowest BCUT2D eigenvalue weighted by Gasteiger charge is -2.16. The number of carbonyl (C=O) groups is 1. The first-order valence-electron chi connectivity index (χ1n) is 4.62. The Labute approximate surface area is 82.6 Å². The maximum absolute atomic E-state index is 11.5. The average molecular weight is 186 g/mol. The first-order valence-corrected chi connectivity index (χ1v) is 4.62. The zero-order valence-electron chi connectivity index (χ0n) is 7.73. The van der Waals surface area contributed by atoms with Gasteiger partial charge in [-0.25, -0.2) is 0 Å². The number of para-hydroxylation sites is 1. The number of amides is 1. The summed E-state index contributed by atoms with van der Waals surface area (Å²) in [5.41, 5.74) is 1.32. The van der Waals surface area contributed by atoms with Crippen molar-refractivity contribution in [2.45, 2.75) is 12.8 Å². The van der Waals surface area contributed by atoms with Crippen molar-refractivity contribution in [2.24, 2.45) is 0 Å². The number of carbonyl (C=O) groups excluding carboxylic acids is 1. The van der Waals surface area contributed by atoms with E-state index in [0.717, 1.165) is 18.7 Å². The molecule has 0 aliphatic carbocycles. The Balaban J connectivity index is 2.41. The Morgan fingerprint density at radius 2 is 2.14 bits per heavy atom. The van der Waals surface area contributed by atoms with E-state index in [1.807, 2.05) is 18.2 Å². The minimum atomic E-state index is 0.118. The number of rotatable bonds is 1. The summed E-state index contributed by atoms with van der Waals surface area (Å²) >= 11 is 0. The van der Waals surface area contributed by atoms with E-state index >= 15 is 0 Å². The normalized spacial score (nSPS) is 15.6. The van der Waals surface area contributed by atoms with Crippen molar-refractivity contribution in [3.8, 4) is 6.07 Å². The first kappa shape index (κ1) is 8.76. The number of nitrogens with zero attached hydrogens (tertiary/aromatic N) is 2. The van der Waals surface area contributed by atoms with Gasteiger partial charge in [0.15, 0.2) is 0 Å². The third-order valence-electron chi connectivity index (χ3n) is 2.39. The molecule has 1 aromatic carbocycles. The molecule has 1 aromatic rings. The van der Waals surface area contributed by atoms with Crippen molar-refractivity contribution in [1.29, 1.82) is 5.26 Å². The number of hydrogen-bond acceptors (Lipinski definition) is 2. The fourth-order valence-electron chi connectivity index (χ4n) is 1.71. The summed E-state index contributed by atoms with van der Waals surface area (Å²) in [6.07, 6.45) is 1.48. The molecule has 1 heterocycles. The van der Waals surface area contributed by atoms with Crippen LogP contribution in [0.15, 0.2) is 24.3 Å². The molecule has 3 heteroatoms. The lowest BCUT2D eigenvalue weighted by Crippen LogP contribution is -2.24. The van der Waals surface area contributed by atoms with E-state index in [1.165, 1.54) is 0 Å². The Bertz CT molecular complexity index is 406. The fraction of sp³-hybridized carbons (Fsp3) is 0.273. The standard InChI is InChI=1S/C11H10N2O/c12-8-9-4-1-2-5-10(9)13-7-3-6-11(13)14/h1-2,4-5H,3,6-7H2. The molecular formula is C11H10N2O. The van der Waals surface area contributed by atoms with Gasteiger partial charge in [-0.2, -0.15) is 5.26 Å². The number of hydrogen-bond donors (Lipinski definition) is 0. The van der Waals surface area contributed by atoms with Crippen LogP contribution in [0.1, 0.15) is 18.4 Å². The minimum Gasteiger partial charge on any atom is -0.311 e. The largest absolute Gasteiger partial charge is 0.311 e. The molecule has 0 spiro atoms. The molecule has 0 aromatic heterocycles. The van der Waals surface area contributed by atoms with Gasteiger partial charge >= 0.3 is 0 Å². The maximum atomic E-state index is 11.5. The molecule has 2 rings (SSSR count). The molecule has 1 fully saturated rings. The van der Waals surface area contributed by atoms with Gasteiger partial charge in [0.2, 0.25) is 5.91 Å².